The van der Waals surface area contributed by atoms with Gasteiger partial charge in [0.05, 0.1) is 6.54 Å². The van der Waals surface area contributed by atoms with Crippen LogP contribution in [-0.2, 0) is 6.42 Å². The van der Waals surface area contributed by atoms with Crippen LogP contribution in [0.1, 0.15) is 28.7 Å². The Hall–Kier alpha value is -2.49. The number of rotatable bonds is 8. The highest BCUT2D eigenvalue weighted by Crippen LogP contribution is 2.24. The van der Waals surface area contributed by atoms with Gasteiger partial charge < -0.3 is 15.4 Å². The van der Waals surface area contributed by atoms with Crippen molar-refractivity contribution in [3.05, 3.63) is 64.7 Å². The maximum absolute atomic E-state index is 11.8. The van der Waals surface area contributed by atoms with E-state index < -0.39 is 0 Å². The van der Waals surface area contributed by atoms with Gasteiger partial charge >= 0.3 is 6.03 Å². The monoisotopic (exact) mass is 340 g/mol. The molecule has 0 bridgehead atoms. The summed E-state index contributed by atoms with van der Waals surface area (Å²) in [5.41, 5.74) is 4.78. The molecule has 2 N–H and O–H groups in total. The van der Waals surface area contributed by atoms with E-state index in [4.69, 9.17) is 4.74 Å². The van der Waals surface area contributed by atoms with Gasteiger partial charge in [-0.05, 0) is 50.3 Å². The molecule has 0 radical (unpaired) electrons. The van der Waals surface area contributed by atoms with Crippen molar-refractivity contribution in [3.63, 3.8) is 0 Å². The number of aryl methyl sites for hydroxylation is 4. The molecule has 0 aliphatic carbocycles. The minimum Gasteiger partial charge on any atom is -0.491 e. The predicted molar refractivity (Wildman–Crippen MR) is 102 cm³/mol. The van der Waals surface area contributed by atoms with Gasteiger partial charge in [0.2, 0.25) is 0 Å². The van der Waals surface area contributed by atoms with Crippen molar-refractivity contribution in [1.82, 2.24) is 10.6 Å². The average Bonchev–Trinajstić information content (AvgIpc) is 2.58. The van der Waals surface area contributed by atoms with E-state index in [1.165, 1.54) is 11.1 Å². The normalized spacial score (nSPS) is 10.4. The molecule has 0 saturated carbocycles. The Kier molecular flexibility index (Phi) is 7.33. The molecule has 134 valence electrons. The average molecular weight is 340 g/mol. The number of amides is 2. The van der Waals surface area contributed by atoms with Crippen LogP contribution in [-0.4, -0.2) is 25.7 Å². The molecule has 0 aliphatic rings. The van der Waals surface area contributed by atoms with Gasteiger partial charge in [-0.3, -0.25) is 0 Å². The molecular weight excluding hydrogens is 312 g/mol. The molecule has 0 fully saturated rings. The SMILES string of the molecule is Cc1cc(C)c(OCCNC(=O)NCCCc2ccccc2)c(C)c1. The first-order chi connectivity index (χ1) is 12.1. The molecule has 0 spiro atoms. The highest BCUT2D eigenvalue weighted by molar-refractivity contribution is 5.73. The summed E-state index contributed by atoms with van der Waals surface area (Å²) in [6.45, 7) is 7.77. The summed E-state index contributed by atoms with van der Waals surface area (Å²) >= 11 is 0. The van der Waals surface area contributed by atoms with Crippen molar-refractivity contribution < 1.29 is 9.53 Å². The Morgan fingerprint density at radius 1 is 0.960 bits per heavy atom. The van der Waals surface area contributed by atoms with Crippen LogP contribution in [0.2, 0.25) is 0 Å². The molecule has 2 aromatic rings. The van der Waals surface area contributed by atoms with Gasteiger partial charge in [0.1, 0.15) is 12.4 Å². The summed E-state index contributed by atoms with van der Waals surface area (Å²) in [6.07, 6.45) is 1.89. The van der Waals surface area contributed by atoms with Crippen LogP contribution >= 0.6 is 0 Å². The Bertz CT molecular complexity index is 661. The first-order valence-corrected chi connectivity index (χ1v) is 8.82. The molecule has 25 heavy (non-hydrogen) atoms. The van der Waals surface area contributed by atoms with E-state index in [1.54, 1.807) is 0 Å². The summed E-state index contributed by atoms with van der Waals surface area (Å²) in [7, 11) is 0. The second kappa shape index (κ2) is 9.72. The fourth-order valence-corrected chi connectivity index (χ4v) is 2.91. The summed E-state index contributed by atoms with van der Waals surface area (Å²) in [6, 6.07) is 14.4. The van der Waals surface area contributed by atoms with Crippen molar-refractivity contribution in [2.24, 2.45) is 0 Å². The highest BCUT2D eigenvalue weighted by Gasteiger charge is 2.05. The molecule has 4 nitrogen and oxygen atoms in total. The maximum Gasteiger partial charge on any atom is 0.314 e. The zero-order valence-corrected chi connectivity index (χ0v) is 15.4. The van der Waals surface area contributed by atoms with Crippen LogP contribution in [0.4, 0.5) is 4.79 Å². The highest BCUT2D eigenvalue weighted by atomic mass is 16.5. The molecule has 0 atom stereocenters. The first kappa shape index (κ1) is 18.8. The third kappa shape index (κ3) is 6.49. The number of nitrogens with one attached hydrogen (secondary N) is 2. The van der Waals surface area contributed by atoms with Crippen LogP contribution in [0.15, 0.2) is 42.5 Å². The van der Waals surface area contributed by atoms with E-state index in [1.807, 2.05) is 32.0 Å². The number of benzene rings is 2. The predicted octanol–water partition coefficient (Wildman–Crippen LogP) is 3.92. The zero-order valence-electron chi connectivity index (χ0n) is 15.4. The Morgan fingerprint density at radius 2 is 1.60 bits per heavy atom. The second-order valence-corrected chi connectivity index (χ2v) is 6.35. The van der Waals surface area contributed by atoms with Crippen molar-refractivity contribution >= 4 is 6.03 Å². The number of ether oxygens (including phenoxy) is 1. The third-order valence-electron chi connectivity index (χ3n) is 4.01. The molecule has 0 saturated heterocycles. The summed E-state index contributed by atoms with van der Waals surface area (Å²) in [4.78, 5) is 11.8. The van der Waals surface area contributed by atoms with Crippen LogP contribution < -0.4 is 15.4 Å². The lowest BCUT2D eigenvalue weighted by molar-refractivity contribution is 0.236. The quantitative estimate of drug-likeness (QED) is 0.716. The van der Waals surface area contributed by atoms with Gasteiger partial charge in [-0.25, -0.2) is 4.79 Å². The lowest BCUT2D eigenvalue weighted by Crippen LogP contribution is -2.38. The zero-order chi connectivity index (χ0) is 18.1. The molecule has 0 unspecified atom stereocenters. The molecule has 0 aliphatic heterocycles. The van der Waals surface area contributed by atoms with E-state index in [9.17, 15) is 4.79 Å². The van der Waals surface area contributed by atoms with Crippen LogP contribution in [0.3, 0.4) is 0 Å². The van der Waals surface area contributed by atoms with E-state index in [0.29, 0.717) is 19.7 Å². The van der Waals surface area contributed by atoms with Gasteiger partial charge in [-0.1, -0.05) is 48.0 Å². The van der Waals surface area contributed by atoms with Gasteiger partial charge in [-0.2, -0.15) is 0 Å². The molecule has 0 heterocycles. The molecule has 2 amide bonds. The molecule has 4 heteroatoms. The topological polar surface area (TPSA) is 50.4 Å². The minimum atomic E-state index is -0.144. The number of hydrogen-bond donors (Lipinski definition) is 2. The van der Waals surface area contributed by atoms with Crippen LogP contribution in [0.25, 0.3) is 0 Å². The Labute approximate surface area is 150 Å². The van der Waals surface area contributed by atoms with Gasteiger partial charge in [0.25, 0.3) is 0 Å². The third-order valence-corrected chi connectivity index (χ3v) is 4.01. The Morgan fingerprint density at radius 3 is 2.28 bits per heavy atom. The number of carbonyl (C=O) groups is 1. The minimum absolute atomic E-state index is 0.144. The van der Waals surface area contributed by atoms with E-state index in [-0.39, 0.29) is 6.03 Å². The first-order valence-electron chi connectivity index (χ1n) is 8.82. The number of carbonyl (C=O) groups excluding carboxylic acids is 1. The van der Waals surface area contributed by atoms with Crippen molar-refractivity contribution in [3.8, 4) is 5.75 Å². The number of hydrogen-bond acceptors (Lipinski definition) is 2. The van der Waals surface area contributed by atoms with Gasteiger partial charge in [0, 0.05) is 6.54 Å². The largest absolute Gasteiger partial charge is 0.491 e. The lowest BCUT2D eigenvalue weighted by atomic mass is 10.1. The number of urea groups is 1. The molecule has 2 aromatic carbocycles. The van der Waals surface area contributed by atoms with Gasteiger partial charge in [-0.15, -0.1) is 0 Å². The van der Waals surface area contributed by atoms with E-state index in [2.05, 4.69) is 41.8 Å². The molecule has 2 rings (SSSR count). The summed E-state index contributed by atoms with van der Waals surface area (Å²) < 4.78 is 5.81. The fourth-order valence-electron chi connectivity index (χ4n) is 2.91. The van der Waals surface area contributed by atoms with Crippen LogP contribution in [0.5, 0.6) is 5.75 Å². The second-order valence-electron chi connectivity index (χ2n) is 6.35. The Balaban J connectivity index is 1.59. The molecular formula is C21H28N2O2. The van der Waals surface area contributed by atoms with Crippen molar-refractivity contribution in [2.75, 3.05) is 19.7 Å². The van der Waals surface area contributed by atoms with Crippen molar-refractivity contribution in [2.45, 2.75) is 33.6 Å². The van der Waals surface area contributed by atoms with Crippen LogP contribution in [0, 0.1) is 20.8 Å². The smallest absolute Gasteiger partial charge is 0.314 e. The standard InChI is InChI=1S/C21H28N2O2/c1-16-14-17(2)20(18(3)15-16)25-13-12-23-21(24)22-11-7-10-19-8-5-4-6-9-19/h4-6,8-9,14-15H,7,10-13H2,1-3H3,(H2,22,23,24). The fraction of sp³-hybridized carbons (Fsp3) is 0.381. The lowest BCUT2D eigenvalue weighted by Gasteiger charge is -2.13. The summed E-state index contributed by atoms with van der Waals surface area (Å²) in [5.74, 6) is 0.913. The molecule has 0 aromatic heterocycles. The maximum atomic E-state index is 11.8. The van der Waals surface area contributed by atoms with E-state index in [0.717, 1.165) is 29.7 Å². The summed E-state index contributed by atoms with van der Waals surface area (Å²) in [5, 5.41) is 5.70. The van der Waals surface area contributed by atoms with Crippen molar-refractivity contribution in [1.29, 1.82) is 0 Å². The van der Waals surface area contributed by atoms with E-state index >= 15 is 0 Å². The van der Waals surface area contributed by atoms with Gasteiger partial charge in [0.15, 0.2) is 0 Å².